The predicted octanol–water partition coefficient (Wildman–Crippen LogP) is 2.06. The molecule has 5 N–H and O–H groups in total. The van der Waals surface area contributed by atoms with Gasteiger partial charge in [0.2, 0.25) is 5.95 Å². The molecule has 11 nitrogen and oxygen atoms in total. The molecule has 0 saturated carbocycles. The van der Waals surface area contributed by atoms with E-state index in [4.69, 9.17) is 16.9 Å². The van der Waals surface area contributed by atoms with Crippen LogP contribution in [0.5, 0.6) is 0 Å². The average Bonchev–Trinajstić information content (AvgIpc) is 2.89. The first kappa shape index (κ1) is 27.7. The number of aromatic amines is 1. The van der Waals surface area contributed by atoms with E-state index >= 15 is 0 Å². The van der Waals surface area contributed by atoms with Crippen LogP contribution in [0.3, 0.4) is 0 Å². The van der Waals surface area contributed by atoms with Gasteiger partial charge < -0.3 is 25.8 Å². The van der Waals surface area contributed by atoms with Gasteiger partial charge in [-0.2, -0.15) is 0 Å². The number of esters is 1. The lowest BCUT2D eigenvalue weighted by Crippen LogP contribution is -2.41. The highest BCUT2D eigenvalue weighted by molar-refractivity contribution is 5.97. The minimum absolute atomic E-state index is 0.0393. The van der Waals surface area contributed by atoms with E-state index in [1.54, 1.807) is 36.4 Å². The molecule has 1 atom stereocenters. The molecule has 0 spiro atoms. The Bertz CT molecular complexity index is 1410. The molecule has 1 heterocycles. The molecule has 3 rings (SSSR count). The van der Waals surface area contributed by atoms with Crippen molar-refractivity contribution in [3.63, 3.8) is 0 Å². The van der Waals surface area contributed by atoms with E-state index in [-0.39, 0.29) is 43.1 Å². The summed E-state index contributed by atoms with van der Waals surface area (Å²) in [4.78, 5) is 56.7. The van der Waals surface area contributed by atoms with Crippen LogP contribution in [0.25, 0.3) is 10.9 Å². The molecule has 0 aliphatic carbocycles. The van der Waals surface area contributed by atoms with Gasteiger partial charge in [0.1, 0.15) is 6.04 Å². The van der Waals surface area contributed by atoms with Gasteiger partial charge in [0, 0.05) is 24.2 Å². The van der Waals surface area contributed by atoms with Gasteiger partial charge in [-0.1, -0.05) is 18.9 Å². The van der Waals surface area contributed by atoms with Crippen LogP contribution in [-0.2, 0) is 20.9 Å². The van der Waals surface area contributed by atoms with Crippen molar-refractivity contribution >= 4 is 40.4 Å². The normalized spacial score (nSPS) is 11.4. The molecule has 3 aromatic rings. The predicted molar refractivity (Wildman–Crippen MR) is 142 cm³/mol. The van der Waals surface area contributed by atoms with Gasteiger partial charge in [-0.05, 0) is 54.8 Å². The van der Waals surface area contributed by atoms with E-state index < -0.39 is 23.9 Å². The number of hydrogen-bond donors (Lipinski definition) is 4. The first-order chi connectivity index (χ1) is 18.2. The third kappa shape index (κ3) is 7.33. The highest BCUT2D eigenvalue weighted by Gasteiger charge is 2.22. The summed E-state index contributed by atoms with van der Waals surface area (Å²) in [7, 11) is 0. The monoisotopic (exact) mass is 519 g/mol. The topological polar surface area (TPSA) is 168 Å². The smallest absolute Gasteiger partial charge is 0.326 e. The number of fused-ring (bicyclic) bond motifs is 1. The average molecular weight is 520 g/mol. The molecular weight excluding hydrogens is 490 g/mol. The van der Waals surface area contributed by atoms with Crippen LogP contribution in [0.2, 0.25) is 0 Å². The lowest BCUT2D eigenvalue weighted by atomic mass is 10.1. The zero-order chi connectivity index (χ0) is 27.7. The maximum atomic E-state index is 12.7. The van der Waals surface area contributed by atoms with E-state index in [1.165, 1.54) is 0 Å². The number of carboxylic acids is 1. The molecule has 0 aliphatic rings. The van der Waals surface area contributed by atoms with Gasteiger partial charge in [0.15, 0.2) is 0 Å². The van der Waals surface area contributed by atoms with Crippen LogP contribution < -0.4 is 21.5 Å². The third-order valence-electron chi connectivity index (χ3n) is 5.65. The summed E-state index contributed by atoms with van der Waals surface area (Å²) in [6.07, 6.45) is 6.02. The summed E-state index contributed by atoms with van der Waals surface area (Å²) in [5, 5.41) is 12.3. The molecule has 11 heteroatoms. The number of carbonyl (C=O) groups excluding carboxylic acids is 2. The number of H-pyrrole nitrogens is 1. The molecule has 1 amide bonds. The van der Waals surface area contributed by atoms with Crippen molar-refractivity contribution in [2.45, 2.75) is 38.8 Å². The number of carboxylic acid groups (broad SMARTS) is 1. The summed E-state index contributed by atoms with van der Waals surface area (Å²) < 4.78 is 4.95. The molecule has 1 aromatic heterocycles. The number of aliphatic carboxylic acids is 1. The Labute approximate surface area is 219 Å². The molecule has 0 saturated heterocycles. The number of nitrogen functional groups attached to an aromatic ring is 1. The molecule has 0 radical (unpaired) electrons. The molecular formula is C27H29N5O6. The van der Waals surface area contributed by atoms with Crippen LogP contribution >= 0.6 is 0 Å². The molecule has 0 bridgehead atoms. The Morgan fingerprint density at radius 3 is 2.63 bits per heavy atom. The first-order valence-corrected chi connectivity index (χ1v) is 12.0. The number of carbonyl (C=O) groups is 3. The second-order valence-electron chi connectivity index (χ2n) is 8.53. The van der Waals surface area contributed by atoms with Crippen molar-refractivity contribution in [1.82, 2.24) is 15.3 Å². The number of nitrogens with one attached hydrogen (secondary N) is 2. The molecule has 0 aliphatic heterocycles. The van der Waals surface area contributed by atoms with Gasteiger partial charge in [-0.15, -0.1) is 6.42 Å². The minimum Gasteiger partial charge on any atom is -0.480 e. The lowest BCUT2D eigenvalue weighted by Gasteiger charge is -2.23. The van der Waals surface area contributed by atoms with Crippen molar-refractivity contribution in [2.24, 2.45) is 0 Å². The van der Waals surface area contributed by atoms with Crippen LogP contribution in [0.4, 0.5) is 11.6 Å². The second kappa shape index (κ2) is 12.9. The highest BCUT2D eigenvalue weighted by Crippen LogP contribution is 2.20. The van der Waals surface area contributed by atoms with Gasteiger partial charge in [0.25, 0.3) is 11.5 Å². The van der Waals surface area contributed by atoms with Crippen LogP contribution in [-0.4, -0.2) is 52.1 Å². The maximum absolute atomic E-state index is 12.7. The molecule has 0 fully saturated rings. The fourth-order valence-corrected chi connectivity index (χ4v) is 3.74. The van der Waals surface area contributed by atoms with Gasteiger partial charge >= 0.3 is 11.9 Å². The fourth-order valence-electron chi connectivity index (χ4n) is 3.74. The summed E-state index contributed by atoms with van der Waals surface area (Å²) >= 11 is 0. The quantitative estimate of drug-likeness (QED) is 0.207. The highest BCUT2D eigenvalue weighted by atomic mass is 16.5. The maximum Gasteiger partial charge on any atom is 0.326 e. The number of rotatable bonds is 12. The fraction of sp³-hybridized carbons (Fsp3) is 0.296. The minimum atomic E-state index is -1.24. The summed E-state index contributed by atoms with van der Waals surface area (Å²) in [5.41, 5.74) is 7.52. The molecule has 2 aromatic carbocycles. The van der Waals surface area contributed by atoms with Crippen LogP contribution in [0.1, 0.15) is 42.1 Å². The number of anilines is 2. The van der Waals surface area contributed by atoms with E-state index in [0.717, 1.165) is 11.3 Å². The zero-order valence-corrected chi connectivity index (χ0v) is 20.9. The van der Waals surface area contributed by atoms with E-state index in [0.29, 0.717) is 23.9 Å². The van der Waals surface area contributed by atoms with Crippen LogP contribution in [0.15, 0.2) is 47.3 Å². The first-order valence-electron chi connectivity index (χ1n) is 12.0. The number of ether oxygens (including phenoxy) is 1. The van der Waals surface area contributed by atoms with Crippen molar-refractivity contribution in [2.75, 3.05) is 23.8 Å². The molecule has 198 valence electrons. The van der Waals surface area contributed by atoms with Gasteiger partial charge in [-0.25, -0.2) is 9.78 Å². The number of aromatic nitrogens is 2. The number of amides is 1. The Kier molecular flexibility index (Phi) is 9.42. The van der Waals surface area contributed by atoms with Gasteiger partial charge in [0.05, 0.1) is 24.1 Å². The van der Waals surface area contributed by atoms with Crippen molar-refractivity contribution < 1.29 is 24.2 Å². The largest absolute Gasteiger partial charge is 0.480 e. The van der Waals surface area contributed by atoms with Crippen molar-refractivity contribution in [1.29, 1.82) is 0 Å². The van der Waals surface area contributed by atoms with E-state index in [1.807, 2.05) is 17.9 Å². The number of terminal acetylenes is 1. The van der Waals surface area contributed by atoms with Crippen LogP contribution in [0, 0.1) is 12.3 Å². The molecule has 1 unspecified atom stereocenters. The van der Waals surface area contributed by atoms with Gasteiger partial charge in [-0.3, -0.25) is 19.4 Å². The second-order valence-corrected chi connectivity index (χ2v) is 8.53. The zero-order valence-electron chi connectivity index (χ0n) is 20.9. The molecule has 38 heavy (non-hydrogen) atoms. The number of hydrogen-bond acceptors (Lipinski definition) is 8. The van der Waals surface area contributed by atoms with E-state index in [9.17, 15) is 24.3 Å². The standard InChI is InChI=1S/C27H29N5O6/c1-3-13-32(16-17-5-10-21-20(15-17)25(35)31-27(28)30-21)19-8-6-18(7-9-19)24(34)29-22(26(36)37)11-12-23(33)38-14-4-2/h1,5-10,15,22H,4,11-14,16H2,2H3,(H,29,34)(H,36,37)(H3,28,30,31,35). The Balaban J connectivity index is 1.70. The van der Waals surface area contributed by atoms with Crippen molar-refractivity contribution in [3.05, 3.63) is 63.9 Å². The SMILES string of the molecule is C#CCN(Cc1ccc2nc(N)[nH]c(=O)c2c1)c1ccc(C(=O)NC(CCC(=O)OCCC)C(=O)O)cc1. The van der Waals surface area contributed by atoms with Crippen molar-refractivity contribution in [3.8, 4) is 12.3 Å². The summed E-state index contributed by atoms with van der Waals surface area (Å²) in [6, 6.07) is 10.5. The summed E-state index contributed by atoms with van der Waals surface area (Å²) in [6.45, 7) is 2.75. The number of nitrogens with zero attached hydrogens (tertiary/aromatic N) is 2. The number of nitrogens with two attached hydrogens (primary N) is 1. The lowest BCUT2D eigenvalue weighted by molar-refractivity contribution is -0.144. The summed E-state index contributed by atoms with van der Waals surface area (Å²) in [5.74, 6) is 0.295. The third-order valence-corrected chi connectivity index (χ3v) is 5.65. The Morgan fingerprint density at radius 1 is 1.24 bits per heavy atom. The van der Waals surface area contributed by atoms with E-state index in [2.05, 4.69) is 21.2 Å². The Hall–Kier alpha value is -4.85. The number of benzene rings is 2. The Morgan fingerprint density at radius 2 is 1.97 bits per heavy atom.